The average molecular weight is 396 g/mol. The summed E-state index contributed by atoms with van der Waals surface area (Å²) in [7, 11) is 1.78. The molecule has 3 atom stereocenters. The van der Waals surface area contributed by atoms with Gasteiger partial charge in [0.1, 0.15) is 12.1 Å². The number of nitrogens with one attached hydrogen (secondary N) is 2. The lowest BCUT2D eigenvalue weighted by molar-refractivity contribution is -0.132. The minimum absolute atomic E-state index is 0.0526. The van der Waals surface area contributed by atoms with Gasteiger partial charge in [-0.1, -0.05) is 56.3 Å². The number of aliphatic hydroxyl groups is 1. The van der Waals surface area contributed by atoms with Crippen LogP contribution in [-0.4, -0.2) is 42.7 Å². The minimum Gasteiger partial charge on any atom is -0.383 e. The number of hydrogen-bond donors (Lipinski definition) is 3. The van der Waals surface area contributed by atoms with E-state index < -0.39 is 18.1 Å². The van der Waals surface area contributed by atoms with E-state index in [4.69, 9.17) is 0 Å². The highest BCUT2D eigenvalue weighted by atomic mass is 16.3. The number of amides is 2. The van der Waals surface area contributed by atoms with Crippen LogP contribution in [0.4, 0.5) is 5.69 Å². The fourth-order valence-corrected chi connectivity index (χ4v) is 3.61. The maximum Gasteiger partial charge on any atom is 0.249 e. The molecule has 0 spiro atoms. The van der Waals surface area contributed by atoms with Crippen molar-refractivity contribution in [3.63, 3.8) is 0 Å². The van der Waals surface area contributed by atoms with Crippen LogP contribution >= 0.6 is 0 Å². The summed E-state index contributed by atoms with van der Waals surface area (Å²) in [6, 6.07) is 15.0. The van der Waals surface area contributed by atoms with Crippen molar-refractivity contribution in [2.24, 2.45) is 5.92 Å². The Balaban J connectivity index is 1.81. The van der Waals surface area contributed by atoms with Crippen LogP contribution in [-0.2, 0) is 9.59 Å². The summed E-state index contributed by atoms with van der Waals surface area (Å²) in [5, 5.41) is 16.0. The summed E-state index contributed by atoms with van der Waals surface area (Å²) in [6.45, 7) is 5.83. The molecule has 3 rings (SSSR count). The molecule has 1 unspecified atom stereocenters. The van der Waals surface area contributed by atoms with Gasteiger partial charge in [0.2, 0.25) is 11.8 Å². The van der Waals surface area contributed by atoms with Crippen molar-refractivity contribution in [2.45, 2.75) is 39.0 Å². The third-order valence-electron chi connectivity index (χ3n) is 5.32. The van der Waals surface area contributed by atoms with Crippen molar-refractivity contribution in [3.05, 3.63) is 54.1 Å². The van der Waals surface area contributed by atoms with Gasteiger partial charge in [-0.3, -0.25) is 9.59 Å². The SMILES string of the molecule is CC(C)[C@H](O)C(=O)N[C@@H](C)CNC1C(=O)N(C)c2ccccc2-c2ccccc21. The molecule has 154 valence electrons. The zero-order chi connectivity index (χ0) is 21.1. The molecule has 0 bridgehead atoms. The zero-order valence-corrected chi connectivity index (χ0v) is 17.3. The summed E-state index contributed by atoms with van der Waals surface area (Å²) < 4.78 is 0. The molecule has 0 saturated carbocycles. The van der Waals surface area contributed by atoms with Gasteiger partial charge in [0.05, 0.1) is 5.69 Å². The van der Waals surface area contributed by atoms with E-state index in [0.717, 1.165) is 22.4 Å². The summed E-state index contributed by atoms with van der Waals surface area (Å²) in [5.41, 5.74) is 3.82. The van der Waals surface area contributed by atoms with Crippen LogP contribution < -0.4 is 15.5 Å². The lowest BCUT2D eigenvalue weighted by Gasteiger charge is -2.25. The van der Waals surface area contributed by atoms with Crippen LogP contribution in [0.3, 0.4) is 0 Å². The molecule has 0 fully saturated rings. The number of benzene rings is 2. The first-order valence-corrected chi connectivity index (χ1v) is 9.99. The molecule has 0 aromatic heterocycles. The monoisotopic (exact) mass is 395 g/mol. The van der Waals surface area contributed by atoms with Crippen molar-refractivity contribution in [2.75, 3.05) is 18.5 Å². The molecule has 6 heteroatoms. The van der Waals surface area contributed by atoms with Gasteiger partial charge in [0.15, 0.2) is 0 Å². The van der Waals surface area contributed by atoms with Gasteiger partial charge in [-0.15, -0.1) is 0 Å². The molecule has 0 saturated heterocycles. The van der Waals surface area contributed by atoms with Gasteiger partial charge in [0, 0.05) is 25.2 Å². The van der Waals surface area contributed by atoms with E-state index in [1.54, 1.807) is 25.8 Å². The fourth-order valence-electron chi connectivity index (χ4n) is 3.61. The maximum absolute atomic E-state index is 13.2. The van der Waals surface area contributed by atoms with Crippen molar-refractivity contribution < 1.29 is 14.7 Å². The Morgan fingerprint density at radius 3 is 2.38 bits per heavy atom. The molecule has 29 heavy (non-hydrogen) atoms. The molecule has 0 radical (unpaired) electrons. The average Bonchev–Trinajstić information content (AvgIpc) is 2.80. The van der Waals surface area contributed by atoms with Gasteiger partial charge in [-0.05, 0) is 30.0 Å². The molecular formula is C23H29N3O3. The standard InChI is InChI=1S/C23H29N3O3/c1-14(2)21(27)22(28)25-15(3)13-24-20-18-11-6-5-9-16(18)17-10-7-8-12-19(17)26(4)23(20)29/h5-12,14-15,20-21,24,27H,13H2,1-4H3,(H,25,28)/t15-,20?,21-/m0/s1. The Kier molecular flexibility index (Phi) is 6.35. The van der Waals surface area contributed by atoms with Crippen molar-refractivity contribution in [1.82, 2.24) is 10.6 Å². The number of rotatable bonds is 6. The second-order valence-electron chi connectivity index (χ2n) is 7.94. The van der Waals surface area contributed by atoms with Crippen LogP contribution in [0.5, 0.6) is 0 Å². The first-order valence-electron chi connectivity index (χ1n) is 9.99. The van der Waals surface area contributed by atoms with Crippen LogP contribution in [0.15, 0.2) is 48.5 Å². The highest BCUT2D eigenvalue weighted by Crippen LogP contribution is 2.39. The molecule has 0 aliphatic carbocycles. The van der Waals surface area contributed by atoms with Gasteiger partial charge >= 0.3 is 0 Å². The van der Waals surface area contributed by atoms with Crippen LogP contribution in [0.25, 0.3) is 11.1 Å². The Bertz CT molecular complexity index is 896. The summed E-state index contributed by atoms with van der Waals surface area (Å²) in [5.74, 6) is -0.604. The molecule has 1 aliphatic rings. The molecule has 3 N–H and O–H groups in total. The lowest BCUT2D eigenvalue weighted by Crippen LogP contribution is -2.48. The van der Waals surface area contributed by atoms with E-state index in [1.165, 1.54) is 0 Å². The van der Waals surface area contributed by atoms with E-state index in [-0.39, 0.29) is 17.9 Å². The van der Waals surface area contributed by atoms with Gasteiger partial charge in [0.25, 0.3) is 0 Å². The quantitative estimate of drug-likeness (QED) is 0.702. The molecule has 2 aromatic rings. The van der Waals surface area contributed by atoms with Crippen LogP contribution in [0.1, 0.15) is 32.4 Å². The molecule has 2 amide bonds. The highest BCUT2D eigenvalue weighted by Gasteiger charge is 2.32. The number of aliphatic hydroxyl groups excluding tert-OH is 1. The summed E-state index contributed by atoms with van der Waals surface area (Å²) in [6.07, 6.45) is -1.04. The molecule has 6 nitrogen and oxygen atoms in total. The highest BCUT2D eigenvalue weighted by molar-refractivity contribution is 6.04. The van der Waals surface area contributed by atoms with Crippen molar-refractivity contribution in [1.29, 1.82) is 0 Å². The largest absolute Gasteiger partial charge is 0.383 e. The summed E-state index contributed by atoms with van der Waals surface area (Å²) in [4.78, 5) is 27.0. The van der Waals surface area contributed by atoms with E-state index in [2.05, 4.69) is 10.6 Å². The predicted octanol–water partition coefficient (Wildman–Crippen LogP) is 2.48. The second-order valence-corrected chi connectivity index (χ2v) is 7.94. The van der Waals surface area contributed by atoms with E-state index in [1.807, 2.05) is 55.5 Å². The first kappa shape index (κ1) is 21.0. The summed E-state index contributed by atoms with van der Waals surface area (Å²) >= 11 is 0. The fraction of sp³-hybridized carbons (Fsp3) is 0.391. The number of fused-ring (bicyclic) bond motifs is 3. The Hall–Kier alpha value is -2.70. The third kappa shape index (κ3) is 4.33. The first-order chi connectivity index (χ1) is 13.8. The number of likely N-dealkylation sites (N-methyl/N-ethyl adjacent to an activating group) is 1. The minimum atomic E-state index is -1.04. The Morgan fingerprint density at radius 1 is 1.07 bits per heavy atom. The zero-order valence-electron chi connectivity index (χ0n) is 17.3. The topological polar surface area (TPSA) is 81.7 Å². The number of anilines is 1. The Labute approximate surface area is 171 Å². The van der Waals surface area contributed by atoms with Gasteiger partial charge in [-0.2, -0.15) is 0 Å². The normalized spacial score (nSPS) is 17.9. The number of para-hydroxylation sites is 1. The Morgan fingerprint density at radius 2 is 1.69 bits per heavy atom. The van der Waals surface area contributed by atoms with E-state index >= 15 is 0 Å². The molecule has 1 heterocycles. The van der Waals surface area contributed by atoms with Crippen LogP contribution in [0.2, 0.25) is 0 Å². The third-order valence-corrected chi connectivity index (χ3v) is 5.32. The molecule has 1 aliphatic heterocycles. The van der Waals surface area contributed by atoms with Gasteiger partial charge < -0.3 is 20.6 Å². The van der Waals surface area contributed by atoms with E-state index in [0.29, 0.717) is 6.54 Å². The lowest BCUT2D eigenvalue weighted by atomic mass is 9.95. The second kappa shape index (κ2) is 8.76. The number of carbonyl (C=O) groups is 2. The van der Waals surface area contributed by atoms with E-state index in [9.17, 15) is 14.7 Å². The number of nitrogens with zero attached hydrogens (tertiary/aromatic N) is 1. The molecular weight excluding hydrogens is 366 g/mol. The van der Waals surface area contributed by atoms with Crippen molar-refractivity contribution >= 4 is 17.5 Å². The van der Waals surface area contributed by atoms with Gasteiger partial charge in [-0.25, -0.2) is 0 Å². The number of hydrogen-bond acceptors (Lipinski definition) is 4. The van der Waals surface area contributed by atoms with Crippen molar-refractivity contribution in [3.8, 4) is 11.1 Å². The number of carbonyl (C=O) groups excluding carboxylic acids is 2. The smallest absolute Gasteiger partial charge is 0.249 e. The predicted molar refractivity (Wildman–Crippen MR) is 114 cm³/mol. The maximum atomic E-state index is 13.2. The molecule has 2 aromatic carbocycles. The van der Waals surface area contributed by atoms with Crippen LogP contribution in [0, 0.1) is 5.92 Å².